The largest absolute Gasteiger partial charge is 0.375 e. The van der Waals surface area contributed by atoms with E-state index in [2.05, 4.69) is 0 Å². The molecular weight excluding hydrogens is 380 g/mol. The zero-order chi connectivity index (χ0) is 21.3. The van der Waals surface area contributed by atoms with E-state index < -0.39 is 0 Å². The Labute approximate surface area is 177 Å². The highest BCUT2D eigenvalue weighted by atomic mass is 16.6. The van der Waals surface area contributed by atoms with Crippen LogP contribution in [0, 0.1) is 5.92 Å². The number of hydrogen-bond donors (Lipinski definition) is 2. The van der Waals surface area contributed by atoms with E-state index in [-0.39, 0.29) is 17.7 Å². The van der Waals surface area contributed by atoms with Gasteiger partial charge in [0.1, 0.15) is 0 Å². The predicted molar refractivity (Wildman–Crippen MR) is 115 cm³/mol. The fourth-order valence-electron chi connectivity index (χ4n) is 3.52. The van der Waals surface area contributed by atoms with Crippen molar-refractivity contribution < 1.29 is 19.1 Å². The van der Waals surface area contributed by atoms with E-state index in [9.17, 15) is 9.59 Å². The van der Waals surface area contributed by atoms with Gasteiger partial charge in [-0.1, -0.05) is 48.5 Å². The number of nitrogens with two attached hydrogens (primary N) is 2. The van der Waals surface area contributed by atoms with E-state index in [0.717, 1.165) is 50.9 Å². The Balaban J connectivity index is 0.000000150. The lowest BCUT2D eigenvalue weighted by atomic mass is 9.99. The van der Waals surface area contributed by atoms with Gasteiger partial charge in [-0.15, -0.1) is 0 Å². The Morgan fingerprint density at radius 2 is 1.37 bits per heavy atom. The molecule has 4 N–H and O–H groups in total. The van der Waals surface area contributed by atoms with Crippen molar-refractivity contribution in [2.75, 3.05) is 13.2 Å². The molecule has 0 radical (unpaired) electrons. The number of hydrogen-bond acceptors (Lipinski definition) is 4. The summed E-state index contributed by atoms with van der Waals surface area (Å²) < 4.78 is 10.7. The predicted octanol–water partition coefficient (Wildman–Crippen LogP) is 2.82. The van der Waals surface area contributed by atoms with Crippen molar-refractivity contribution in [3.8, 4) is 0 Å². The minimum Gasteiger partial charge on any atom is -0.375 e. The summed E-state index contributed by atoms with van der Waals surface area (Å²) >= 11 is 0. The summed E-state index contributed by atoms with van der Waals surface area (Å²) in [5, 5.41) is 0. The molecule has 6 nitrogen and oxygen atoms in total. The highest BCUT2D eigenvalue weighted by Crippen LogP contribution is 2.27. The summed E-state index contributed by atoms with van der Waals surface area (Å²) in [5.41, 5.74) is 12.9. The van der Waals surface area contributed by atoms with Crippen LogP contribution in [-0.2, 0) is 20.7 Å². The molecule has 5 rings (SSSR count). The van der Waals surface area contributed by atoms with E-state index in [4.69, 9.17) is 20.9 Å². The van der Waals surface area contributed by atoms with Crippen LogP contribution in [0.25, 0.3) is 0 Å². The molecule has 1 saturated carbocycles. The number of carbonyl (C=O) groups excluding carboxylic acids is 2. The minimum atomic E-state index is -0.369. The Morgan fingerprint density at radius 3 is 1.87 bits per heavy atom. The number of benzene rings is 2. The molecule has 160 valence electrons. The zero-order valence-electron chi connectivity index (χ0n) is 17.2. The second kappa shape index (κ2) is 10.9. The lowest BCUT2D eigenvalue weighted by Gasteiger charge is -2.06. The van der Waals surface area contributed by atoms with Gasteiger partial charge in [0.25, 0.3) is 0 Å². The summed E-state index contributed by atoms with van der Waals surface area (Å²) in [6.07, 6.45) is 5.92. The van der Waals surface area contributed by atoms with Crippen molar-refractivity contribution in [3.05, 3.63) is 71.3 Å². The zero-order valence-corrected chi connectivity index (χ0v) is 17.2. The molecule has 2 heterocycles. The molecule has 30 heavy (non-hydrogen) atoms. The van der Waals surface area contributed by atoms with E-state index in [1.807, 2.05) is 48.5 Å². The molecule has 0 aromatic heterocycles. The van der Waals surface area contributed by atoms with Gasteiger partial charge in [0.15, 0.2) is 0 Å². The van der Waals surface area contributed by atoms with Gasteiger partial charge in [-0.2, -0.15) is 0 Å². The van der Waals surface area contributed by atoms with E-state index >= 15 is 0 Å². The number of primary amides is 2. The maximum Gasteiger partial charge on any atom is 0.248 e. The van der Waals surface area contributed by atoms with Crippen LogP contribution in [0.1, 0.15) is 47.2 Å². The average Bonchev–Trinajstić information content (AvgIpc) is 3.35. The van der Waals surface area contributed by atoms with Crippen molar-refractivity contribution in [3.63, 3.8) is 0 Å². The number of fused-ring (bicyclic) bond motifs is 1. The molecule has 2 amide bonds. The first-order valence-electron chi connectivity index (χ1n) is 10.5. The van der Waals surface area contributed by atoms with Crippen LogP contribution in [0.15, 0.2) is 54.6 Å². The third kappa shape index (κ3) is 6.68. The van der Waals surface area contributed by atoms with Gasteiger partial charge < -0.3 is 20.9 Å². The Hall–Kier alpha value is -2.70. The molecule has 2 atom stereocenters. The van der Waals surface area contributed by atoms with Gasteiger partial charge in [-0.3, -0.25) is 9.59 Å². The summed E-state index contributed by atoms with van der Waals surface area (Å²) in [5.74, 6) is -0.258. The smallest absolute Gasteiger partial charge is 0.248 e. The van der Waals surface area contributed by atoms with E-state index in [0.29, 0.717) is 17.8 Å². The van der Waals surface area contributed by atoms with Gasteiger partial charge in [-0.05, 0) is 49.3 Å². The Kier molecular flexibility index (Phi) is 7.99. The van der Waals surface area contributed by atoms with Crippen LogP contribution in [0.5, 0.6) is 0 Å². The van der Waals surface area contributed by atoms with Crippen molar-refractivity contribution >= 4 is 11.8 Å². The van der Waals surface area contributed by atoms with Gasteiger partial charge in [-0.25, -0.2) is 0 Å². The Bertz CT molecular complexity index is 816. The third-order valence-corrected chi connectivity index (χ3v) is 5.38. The SMILES string of the molecule is C1CC2OCCC2O1.NC(=O)C1CC1.NC(=O)c1ccccc1Cc1ccccc1. The van der Waals surface area contributed by atoms with Crippen LogP contribution in [-0.4, -0.2) is 37.2 Å². The van der Waals surface area contributed by atoms with E-state index in [1.165, 1.54) is 5.56 Å². The number of carbonyl (C=O) groups is 2. The molecule has 2 aliphatic heterocycles. The molecule has 3 fully saturated rings. The Morgan fingerprint density at radius 1 is 0.800 bits per heavy atom. The van der Waals surface area contributed by atoms with Crippen molar-refractivity contribution in [1.82, 2.24) is 0 Å². The number of rotatable bonds is 4. The first kappa shape index (κ1) is 22.0. The normalized spacial score (nSPS) is 21.5. The van der Waals surface area contributed by atoms with Gasteiger partial charge in [0, 0.05) is 24.7 Å². The quantitative estimate of drug-likeness (QED) is 0.808. The highest BCUT2D eigenvalue weighted by Gasteiger charge is 2.33. The van der Waals surface area contributed by atoms with Crippen molar-refractivity contribution in [1.29, 1.82) is 0 Å². The molecule has 0 spiro atoms. The molecule has 1 aliphatic carbocycles. The minimum absolute atomic E-state index is 0.130. The maximum absolute atomic E-state index is 11.2. The summed E-state index contributed by atoms with van der Waals surface area (Å²) in [4.78, 5) is 21.2. The first-order chi connectivity index (χ1) is 14.5. The molecule has 2 aromatic carbocycles. The lowest BCUT2D eigenvalue weighted by molar-refractivity contribution is -0.119. The number of amides is 2. The third-order valence-electron chi connectivity index (χ3n) is 5.38. The maximum atomic E-state index is 11.2. The van der Waals surface area contributed by atoms with Gasteiger partial charge >= 0.3 is 0 Å². The van der Waals surface area contributed by atoms with Crippen LogP contribution < -0.4 is 11.5 Å². The van der Waals surface area contributed by atoms with Crippen molar-refractivity contribution in [2.24, 2.45) is 17.4 Å². The molecule has 2 saturated heterocycles. The summed E-state index contributed by atoms with van der Waals surface area (Å²) in [7, 11) is 0. The first-order valence-corrected chi connectivity index (χ1v) is 10.5. The molecule has 3 aliphatic rings. The summed E-state index contributed by atoms with van der Waals surface area (Å²) in [6.45, 7) is 1.82. The molecule has 2 aromatic rings. The van der Waals surface area contributed by atoms with E-state index in [1.54, 1.807) is 6.07 Å². The summed E-state index contributed by atoms with van der Waals surface area (Å²) in [6, 6.07) is 17.5. The van der Waals surface area contributed by atoms with Crippen LogP contribution in [0.3, 0.4) is 0 Å². The fourth-order valence-corrected chi connectivity index (χ4v) is 3.52. The molecule has 0 bridgehead atoms. The number of ether oxygens (including phenoxy) is 2. The van der Waals surface area contributed by atoms with Gasteiger partial charge in [0.05, 0.1) is 12.2 Å². The van der Waals surface area contributed by atoms with Gasteiger partial charge in [0.2, 0.25) is 11.8 Å². The monoisotopic (exact) mass is 410 g/mol. The second-order valence-corrected chi connectivity index (χ2v) is 7.76. The topological polar surface area (TPSA) is 105 Å². The van der Waals surface area contributed by atoms with Crippen LogP contribution in [0.2, 0.25) is 0 Å². The molecular formula is C24H30N2O4. The molecule has 2 unspecified atom stereocenters. The highest BCUT2D eigenvalue weighted by molar-refractivity contribution is 5.94. The lowest BCUT2D eigenvalue weighted by Crippen LogP contribution is -2.13. The van der Waals surface area contributed by atoms with Crippen LogP contribution >= 0.6 is 0 Å². The average molecular weight is 411 g/mol. The van der Waals surface area contributed by atoms with Crippen molar-refractivity contribution in [2.45, 2.75) is 44.3 Å². The second-order valence-electron chi connectivity index (χ2n) is 7.76. The van der Waals surface area contributed by atoms with Crippen LogP contribution in [0.4, 0.5) is 0 Å². The fraction of sp³-hybridized carbons (Fsp3) is 0.417. The standard InChI is InChI=1S/C14H13NO.C6H10O2.C4H7NO/c15-14(16)13-9-5-4-8-12(13)10-11-6-2-1-3-7-11;1-3-7-6-2-4-8-5(1)6;5-4(6)3-1-2-3/h1-9H,10H2,(H2,15,16);5-6H,1-4H2;3H,1-2H2,(H2,5,6). The molecule has 6 heteroatoms.